The van der Waals surface area contributed by atoms with Crippen LogP contribution < -0.4 is 10.0 Å². The zero-order valence-corrected chi connectivity index (χ0v) is 13.2. The molecular weight excluding hydrogens is 298 g/mol. The molecule has 5 heteroatoms. The molecule has 0 fully saturated rings. The van der Waals surface area contributed by atoms with E-state index in [1.807, 2.05) is 50.2 Å². The van der Waals surface area contributed by atoms with Crippen LogP contribution in [0.4, 0.5) is 0 Å². The molecule has 0 N–H and O–H groups in total. The Hall–Kier alpha value is -0.773. The summed E-state index contributed by atoms with van der Waals surface area (Å²) in [6.07, 6.45) is 0. The van der Waals surface area contributed by atoms with Gasteiger partial charge in [0, 0.05) is 5.56 Å². The van der Waals surface area contributed by atoms with E-state index >= 15 is 0 Å². The molecule has 0 saturated heterocycles. The minimum atomic E-state index is 0. The van der Waals surface area contributed by atoms with Crippen molar-refractivity contribution in [3.8, 4) is 5.75 Å². The number of aryl methyl sites for hydroxylation is 1. The Morgan fingerprint density at radius 2 is 1.95 bits per heavy atom. The van der Waals surface area contributed by atoms with Crippen LogP contribution in [0, 0.1) is 6.92 Å². The Kier molecular flexibility index (Phi) is 7.50. The standard InChI is InChI=1S/C16H16ClO2P.Li.H/c1-3-19-12-8-9-15(14(17)10-12)20-16(18)13-7-5-4-6-11(13)2;;/h4-10,20H,3H2,1-2H3;;. The third kappa shape index (κ3) is 4.87. The third-order valence-electron chi connectivity index (χ3n) is 2.89. The van der Waals surface area contributed by atoms with Gasteiger partial charge in [-0.3, -0.25) is 4.79 Å². The molecular formula is C16H17ClLiO2P. The zero-order chi connectivity index (χ0) is 14.5. The Balaban J connectivity index is 0.00000220. The van der Waals surface area contributed by atoms with Gasteiger partial charge in [0.1, 0.15) is 5.75 Å². The van der Waals surface area contributed by atoms with Crippen molar-refractivity contribution in [2.75, 3.05) is 6.61 Å². The van der Waals surface area contributed by atoms with E-state index < -0.39 is 0 Å². The van der Waals surface area contributed by atoms with Gasteiger partial charge in [0.2, 0.25) is 0 Å². The second-order valence-corrected chi connectivity index (χ2v) is 5.99. The fourth-order valence-electron chi connectivity index (χ4n) is 1.87. The molecule has 0 heterocycles. The molecule has 1 atom stereocenters. The predicted molar refractivity (Wildman–Crippen MR) is 93.2 cm³/mol. The first-order valence-electron chi connectivity index (χ1n) is 6.41. The first-order valence-corrected chi connectivity index (χ1v) is 7.79. The van der Waals surface area contributed by atoms with Crippen molar-refractivity contribution in [3.05, 3.63) is 58.6 Å². The second-order valence-electron chi connectivity index (χ2n) is 4.34. The first kappa shape index (κ1) is 18.3. The molecule has 2 aromatic rings. The van der Waals surface area contributed by atoms with Crippen LogP contribution in [0.2, 0.25) is 5.02 Å². The van der Waals surface area contributed by atoms with Gasteiger partial charge in [0.15, 0.2) is 5.52 Å². The Morgan fingerprint density at radius 1 is 1.24 bits per heavy atom. The maximum absolute atomic E-state index is 12.3. The van der Waals surface area contributed by atoms with Crippen LogP contribution in [-0.4, -0.2) is 31.0 Å². The van der Waals surface area contributed by atoms with Gasteiger partial charge < -0.3 is 4.74 Å². The number of ether oxygens (including phenoxy) is 1. The van der Waals surface area contributed by atoms with E-state index in [1.54, 1.807) is 6.07 Å². The van der Waals surface area contributed by atoms with E-state index in [0.717, 1.165) is 22.2 Å². The van der Waals surface area contributed by atoms with Crippen molar-refractivity contribution in [1.29, 1.82) is 0 Å². The van der Waals surface area contributed by atoms with E-state index in [9.17, 15) is 4.79 Å². The van der Waals surface area contributed by atoms with E-state index in [-0.39, 0.29) is 33.0 Å². The monoisotopic (exact) mass is 314 g/mol. The van der Waals surface area contributed by atoms with Gasteiger partial charge in [-0.25, -0.2) is 0 Å². The average molecular weight is 315 g/mol. The number of halogens is 1. The summed E-state index contributed by atoms with van der Waals surface area (Å²) in [6, 6.07) is 13.1. The average Bonchev–Trinajstić information content (AvgIpc) is 2.42. The molecule has 0 bridgehead atoms. The summed E-state index contributed by atoms with van der Waals surface area (Å²) in [5.74, 6) is 0.731. The molecule has 21 heavy (non-hydrogen) atoms. The first-order chi connectivity index (χ1) is 9.61. The van der Waals surface area contributed by atoms with Crippen molar-refractivity contribution >= 4 is 49.9 Å². The van der Waals surface area contributed by atoms with Gasteiger partial charge in [0.25, 0.3) is 0 Å². The predicted octanol–water partition coefficient (Wildman–Crippen LogP) is 3.54. The number of rotatable bonds is 5. The van der Waals surface area contributed by atoms with Crippen molar-refractivity contribution in [1.82, 2.24) is 0 Å². The molecule has 0 radical (unpaired) electrons. The van der Waals surface area contributed by atoms with Crippen LogP contribution in [-0.2, 0) is 0 Å². The summed E-state index contributed by atoms with van der Waals surface area (Å²) in [6.45, 7) is 4.46. The molecule has 1 unspecified atom stereocenters. The van der Waals surface area contributed by atoms with Gasteiger partial charge in [0.05, 0.1) is 11.6 Å². The second kappa shape index (κ2) is 8.62. The number of hydrogen-bond donors (Lipinski definition) is 0. The molecule has 106 valence electrons. The van der Waals surface area contributed by atoms with Crippen LogP contribution in [0.5, 0.6) is 5.75 Å². The van der Waals surface area contributed by atoms with Gasteiger partial charge in [-0.05, 0) is 51.5 Å². The van der Waals surface area contributed by atoms with Crippen LogP contribution in [0.3, 0.4) is 0 Å². The van der Waals surface area contributed by atoms with Crippen molar-refractivity contribution < 1.29 is 9.53 Å². The van der Waals surface area contributed by atoms with Crippen LogP contribution in [0.25, 0.3) is 0 Å². The number of carbonyl (C=O) groups excluding carboxylic acids is 1. The van der Waals surface area contributed by atoms with Gasteiger partial charge in [-0.2, -0.15) is 0 Å². The minimum absolute atomic E-state index is 0. The van der Waals surface area contributed by atoms with Crippen LogP contribution in [0.15, 0.2) is 42.5 Å². The molecule has 2 aromatic carbocycles. The van der Waals surface area contributed by atoms with Gasteiger partial charge in [-0.15, -0.1) is 0 Å². The van der Waals surface area contributed by atoms with Gasteiger partial charge >= 0.3 is 18.9 Å². The Morgan fingerprint density at radius 3 is 2.57 bits per heavy atom. The number of benzene rings is 2. The van der Waals surface area contributed by atoms with Crippen LogP contribution in [0.1, 0.15) is 22.8 Å². The molecule has 2 rings (SSSR count). The van der Waals surface area contributed by atoms with E-state index in [0.29, 0.717) is 11.6 Å². The fraction of sp³-hybridized carbons (Fsp3) is 0.188. The molecule has 2 nitrogen and oxygen atoms in total. The molecule has 0 aliphatic rings. The van der Waals surface area contributed by atoms with Gasteiger partial charge in [-0.1, -0.05) is 35.9 Å². The van der Waals surface area contributed by atoms with Crippen LogP contribution >= 0.6 is 20.2 Å². The normalized spacial score (nSPS) is 10.4. The quantitative estimate of drug-likeness (QED) is 0.623. The zero-order valence-electron chi connectivity index (χ0n) is 11.4. The van der Waals surface area contributed by atoms with E-state index in [2.05, 4.69) is 0 Å². The Labute approximate surface area is 144 Å². The van der Waals surface area contributed by atoms with E-state index in [4.69, 9.17) is 16.3 Å². The summed E-state index contributed by atoms with van der Waals surface area (Å²) in [5, 5.41) is 1.43. The summed E-state index contributed by atoms with van der Waals surface area (Å²) in [7, 11) is 0.0230. The summed E-state index contributed by atoms with van der Waals surface area (Å²) in [5.41, 5.74) is 1.86. The maximum atomic E-state index is 12.3. The molecule has 0 aliphatic carbocycles. The summed E-state index contributed by atoms with van der Waals surface area (Å²) >= 11 is 6.21. The summed E-state index contributed by atoms with van der Waals surface area (Å²) in [4.78, 5) is 12.3. The summed E-state index contributed by atoms with van der Waals surface area (Å²) < 4.78 is 5.38. The third-order valence-corrected chi connectivity index (χ3v) is 4.56. The molecule has 0 saturated carbocycles. The topological polar surface area (TPSA) is 26.3 Å². The molecule has 0 aromatic heterocycles. The SMILES string of the molecule is CCOc1ccc(PC(=O)c2ccccc2C)c(Cl)c1.[LiH]. The number of carbonyl (C=O) groups is 1. The molecule has 0 aliphatic heterocycles. The van der Waals surface area contributed by atoms with Crippen molar-refractivity contribution in [2.45, 2.75) is 13.8 Å². The Bertz CT molecular complexity index is 631. The fourth-order valence-corrected chi connectivity index (χ4v) is 3.20. The van der Waals surface area contributed by atoms with Crippen molar-refractivity contribution in [2.24, 2.45) is 0 Å². The number of hydrogen-bond acceptors (Lipinski definition) is 2. The van der Waals surface area contributed by atoms with E-state index in [1.165, 1.54) is 0 Å². The molecule has 0 amide bonds. The van der Waals surface area contributed by atoms with Crippen molar-refractivity contribution in [3.63, 3.8) is 0 Å². The molecule has 0 spiro atoms.